The number of carbonyl (C=O) groups excluding carboxylic acids is 1. The number of ether oxygens (including phenoxy) is 1. The largest absolute Gasteiger partial charge is 0.497 e. The van der Waals surface area contributed by atoms with Crippen molar-refractivity contribution in [2.45, 2.75) is 51.6 Å². The third kappa shape index (κ3) is 4.10. The fraction of sp³-hybridized carbons (Fsp3) is 0.650. The van der Waals surface area contributed by atoms with Crippen LogP contribution in [-0.4, -0.2) is 32.1 Å². The molecule has 1 aliphatic heterocycles. The van der Waals surface area contributed by atoms with Crippen LogP contribution in [0.5, 0.6) is 5.75 Å². The Morgan fingerprint density at radius 1 is 1.21 bits per heavy atom. The number of amides is 1. The van der Waals surface area contributed by atoms with Crippen LogP contribution in [0.2, 0.25) is 0 Å². The molecule has 2 aliphatic rings. The summed E-state index contributed by atoms with van der Waals surface area (Å²) in [5.74, 6) is 2.80. The highest BCUT2D eigenvalue weighted by molar-refractivity contribution is 5.79. The molecule has 1 amide bonds. The number of piperidine rings is 1. The van der Waals surface area contributed by atoms with Crippen molar-refractivity contribution in [1.82, 2.24) is 5.32 Å². The molecule has 1 saturated heterocycles. The number of carbonyl (C=O) groups is 1. The molecule has 2 fully saturated rings. The number of hydrogen-bond acceptors (Lipinski definition) is 2. The van der Waals surface area contributed by atoms with Gasteiger partial charge in [-0.3, -0.25) is 4.79 Å². The second kappa shape index (κ2) is 8.02. The summed E-state index contributed by atoms with van der Waals surface area (Å²) in [5, 5.41) is 3.10. The van der Waals surface area contributed by atoms with Crippen LogP contribution in [0, 0.1) is 11.8 Å². The van der Waals surface area contributed by atoms with Crippen LogP contribution in [0.1, 0.15) is 44.6 Å². The normalized spacial score (nSPS) is 27.8. The molecule has 0 radical (unpaired) electrons. The van der Waals surface area contributed by atoms with Gasteiger partial charge in [0.05, 0.1) is 20.2 Å². The van der Waals surface area contributed by atoms with Crippen LogP contribution in [0.3, 0.4) is 0 Å². The molecule has 4 nitrogen and oxygen atoms in total. The van der Waals surface area contributed by atoms with Crippen molar-refractivity contribution < 1.29 is 14.4 Å². The topological polar surface area (TPSA) is 42.8 Å². The monoisotopic (exact) mass is 331 g/mol. The lowest BCUT2D eigenvalue weighted by Gasteiger charge is -2.40. The molecule has 1 aliphatic carbocycles. The molecule has 0 spiro atoms. The maximum atomic E-state index is 12.5. The first-order chi connectivity index (χ1) is 11.7. The van der Waals surface area contributed by atoms with E-state index in [4.69, 9.17) is 4.74 Å². The summed E-state index contributed by atoms with van der Waals surface area (Å²) < 4.78 is 5.16. The average Bonchev–Trinajstić information content (AvgIpc) is 2.65. The molecular formula is C20H31N2O2+. The van der Waals surface area contributed by atoms with Crippen molar-refractivity contribution in [3.05, 3.63) is 29.8 Å². The van der Waals surface area contributed by atoms with E-state index in [2.05, 4.69) is 12.2 Å². The zero-order valence-electron chi connectivity index (χ0n) is 15.0. The minimum absolute atomic E-state index is 0.0473. The van der Waals surface area contributed by atoms with E-state index in [-0.39, 0.29) is 11.9 Å². The SMILES string of the molecule is COc1ccc(CNC(=O)[C@@H](C)[NH+]2CC[C@@H]3CCCC[C@@H]3C2)cc1. The Balaban J connectivity index is 1.49. The van der Waals surface area contributed by atoms with Crippen LogP contribution in [0.4, 0.5) is 0 Å². The number of rotatable bonds is 5. The number of nitrogens with one attached hydrogen (secondary N) is 2. The molecule has 4 heteroatoms. The zero-order chi connectivity index (χ0) is 16.9. The summed E-state index contributed by atoms with van der Waals surface area (Å²) in [6.45, 7) is 5.01. The minimum Gasteiger partial charge on any atom is -0.497 e. The van der Waals surface area contributed by atoms with E-state index in [1.165, 1.54) is 43.5 Å². The molecule has 132 valence electrons. The molecule has 0 aromatic heterocycles. The Morgan fingerprint density at radius 2 is 1.92 bits per heavy atom. The third-order valence-corrected chi connectivity index (χ3v) is 6.06. The second-order valence-electron chi connectivity index (χ2n) is 7.49. The smallest absolute Gasteiger partial charge is 0.278 e. The molecular weight excluding hydrogens is 300 g/mol. The average molecular weight is 331 g/mol. The highest BCUT2D eigenvalue weighted by atomic mass is 16.5. The van der Waals surface area contributed by atoms with E-state index in [1.54, 1.807) is 7.11 Å². The van der Waals surface area contributed by atoms with Gasteiger partial charge in [-0.1, -0.05) is 25.0 Å². The first kappa shape index (κ1) is 17.3. The Kier molecular flexibility index (Phi) is 5.77. The Hall–Kier alpha value is -1.55. The predicted octanol–water partition coefficient (Wildman–Crippen LogP) is 1.79. The van der Waals surface area contributed by atoms with Gasteiger partial charge in [0.1, 0.15) is 5.75 Å². The van der Waals surface area contributed by atoms with Crippen LogP contribution in [-0.2, 0) is 11.3 Å². The van der Waals surface area contributed by atoms with Crippen molar-refractivity contribution in [3.63, 3.8) is 0 Å². The maximum absolute atomic E-state index is 12.5. The van der Waals surface area contributed by atoms with Crippen molar-refractivity contribution >= 4 is 5.91 Å². The van der Waals surface area contributed by atoms with Crippen LogP contribution in [0.25, 0.3) is 0 Å². The van der Waals surface area contributed by atoms with Crippen molar-refractivity contribution in [1.29, 1.82) is 0 Å². The van der Waals surface area contributed by atoms with Gasteiger partial charge in [0.15, 0.2) is 6.04 Å². The maximum Gasteiger partial charge on any atom is 0.278 e. The number of fused-ring (bicyclic) bond motifs is 1. The van der Waals surface area contributed by atoms with Gasteiger partial charge >= 0.3 is 0 Å². The number of likely N-dealkylation sites (tertiary alicyclic amines) is 1. The Morgan fingerprint density at radius 3 is 2.62 bits per heavy atom. The fourth-order valence-electron chi connectivity index (χ4n) is 4.41. The molecule has 1 aromatic carbocycles. The first-order valence-corrected chi connectivity index (χ1v) is 9.42. The summed E-state index contributed by atoms with van der Waals surface area (Å²) >= 11 is 0. The standard InChI is InChI=1S/C20H30N2O2/c1-15(22-12-11-17-5-3-4-6-18(17)14-22)20(23)21-13-16-7-9-19(24-2)10-8-16/h7-10,15,17-18H,3-6,11-14H2,1-2H3,(H,21,23)/p+1/t15-,17+,18-/m1/s1. The Labute approximate surface area is 145 Å². The quantitative estimate of drug-likeness (QED) is 0.864. The summed E-state index contributed by atoms with van der Waals surface area (Å²) in [6, 6.07) is 7.92. The summed E-state index contributed by atoms with van der Waals surface area (Å²) in [6.07, 6.45) is 6.88. The van der Waals surface area contributed by atoms with Crippen LogP contribution in [0.15, 0.2) is 24.3 Å². The number of quaternary nitrogens is 1. The summed E-state index contributed by atoms with van der Waals surface area (Å²) in [5.41, 5.74) is 1.11. The van der Waals surface area contributed by atoms with Crippen molar-refractivity contribution in [2.75, 3.05) is 20.2 Å². The van der Waals surface area contributed by atoms with Gasteiger partial charge < -0.3 is 15.0 Å². The van der Waals surface area contributed by atoms with E-state index in [9.17, 15) is 4.79 Å². The Bertz CT molecular complexity index is 543. The molecule has 4 atom stereocenters. The van der Waals surface area contributed by atoms with Crippen LogP contribution >= 0.6 is 0 Å². The van der Waals surface area contributed by atoms with E-state index in [0.717, 1.165) is 29.7 Å². The molecule has 1 unspecified atom stereocenters. The van der Waals surface area contributed by atoms with Gasteiger partial charge in [0, 0.05) is 12.5 Å². The molecule has 2 N–H and O–H groups in total. The predicted molar refractivity (Wildman–Crippen MR) is 95.1 cm³/mol. The number of methoxy groups -OCH3 is 1. The lowest BCUT2D eigenvalue weighted by atomic mass is 9.75. The van der Waals surface area contributed by atoms with Gasteiger partial charge in [-0.05, 0) is 49.8 Å². The van der Waals surface area contributed by atoms with E-state index >= 15 is 0 Å². The minimum atomic E-state index is 0.0473. The molecule has 24 heavy (non-hydrogen) atoms. The zero-order valence-corrected chi connectivity index (χ0v) is 15.0. The van der Waals surface area contributed by atoms with Crippen molar-refractivity contribution in [3.8, 4) is 5.75 Å². The van der Waals surface area contributed by atoms with Gasteiger partial charge in [-0.2, -0.15) is 0 Å². The highest BCUT2D eigenvalue weighted by Gasteiger charge is 2.37. The molecule has 1 heterocycles. The van der Waals surface area contributed by atoms with Gasteiger partial charge in [0.25, 0.3) is 5.91 Å². The van der Waals surface area contributed by atoms with Gasteiger partial charge in [-0.15, -0.1) is 0 Å². The molecule has 1 saturated carbocycles. The van der Waals surface area contributed by atoms with E-state index in [0.29, 0.717) is 6.54 Å². The summed E-state index contributed by atoms with van der Waals surface area (Å²) in [4.78, 5) is 14.0. The van der Waals surface area contributed by atoms with Gasteiger partial charge in [-0.25, -0.2) is 0 Å². The first-order valence-electron chi connectivity index (χ1n) is 9.42. The fourth-order valence-corrected chi connectivity index (χ4v) is 4.41. The lowest BCUT2D eigenvalue weighted by Crippen LogP contribution is -3.18. The molecule has 0 bridgehead atoms. The second-order valence-corrected chi connectivity index (χ2v) is 7.49. The number of hydrogen-bond donors (Lipinski definition) is 2. The van der Waals surface area contributed by atoms with E-state index in [1.807, 2.05) is 24.3 Å². The third-order valence-electron chi connectivity index (χ3n) is 6.06. The number of benzene rings is 1. The van der Waals surface area contributed by atoms with Gasteiger partial charge in [0.2, 0.25) is 0 Å². The van der Waals surface area contributed by atoms with Crippen molar-refractivity contribution in [2.24, 2.45) is 11.8 Å². The highest BCUT2D eigenvalue weighted by Crippen LogP contribution is 2.32. The molecule has 3 rings (SSSR count). The summed E-state index contributed by atoms with van der Waals surface area (Å²) in [7, 11) is 1.66. The molecule has 1 aromatic rings. The lowest BCUT2D eigenvalue weighted by molar-refractivity contribution is -0.924. The van der Waals surface area contributed by atoms with E-state index < -0.39 is 0 Å². The van der Waals surface area contributed by atoms with Crippen LogP contribution < -0.4 is 15.0 Å².